The number of nitrogens with one attached hydrogen (secondary N) is 2. The van der Waals surface area contributed by atoms with Gasteiger partial charge in [-0.1, -0.05) is 32.1 Å². The van der Waals surface area contributed by atoms with Crippen molar-refractivity contribution in [3.05, 3.63) is 0 Å². The van der Waals surface area contributed by atoms with Crippen molar-refractivity contribution < 1.29 is 4.79 Å². The van der Waals surface area contributed by atoms with Crippen LogP contribution in [0.15, 0.2) is 4.99 Å². The molecule has 2 heterocycles. The van der Waals surface area contributed by atoms with Crippen LogP contribution in [0.3, 0.4) is 0 Å². The number of aliphatic imine (C=N–C) groups is 1. The fraction of sp³-hybridized carbons (Fsp3) is 0.917. The summed E-state index contributed by atoms with van der Waals surface area (Å²) in [5, 5.41) is 6.97. The van der Waals surface area contributed by atoms with Crippen molar-refractivity contribution in [2.24, 2.45) is 10.9 Å². The first-order chi connectivity index (χ1) is 14.8. The minimum absolute atomic E-state index is 0. The van der Waals surface area contributed by atoms with Gasteiger partial charge in [-0.15, -0.1) is 24.0 Å². The Morgan fingerprint density at radius 2 is 1.68 bits per heavy atom. The number of nitrogens with zero attached hydrogens (tertiary/aromatic N) is 3. The third-order valence-electron chi connectivity index (χ3n) is 6.99. The molecule has 180 valence electrons. The van der Waals surface area contributed by atoms with Crippen LogP contribution in [-0.2, 0) is 4.79 Å². The highest BCUT2D eigenvalue weighted by Gasteiger charge is 2.31. The van der Waals surface area contributed by atoms with E-state index in [0.717, 1.165) is 57.8 Å². The molecule has 0 spiro atoms. The molecular formula is C24H46IN5O. The van der Waals surface area contributed by atoms with Crippen molar-refractivity contribution in [2.75, 3.05) is 45.8 Å². The monoisotopic (exact) mass is 547 g/mol. The molecule has 1 aliphatic carbocycles. The van der Waals surface area contributed by atoms with E-state index in [1.165, 1.54) is 71.0 Å². The third kappa shape index (κ3) is 9.44. The number of likely N-dealkylation sites (tertiary alicyclic amines) is 2. The van der Waals surface area contributed by atoms with E-state index >= 15 is 0 Å². The van der Waals surface area contributed by atoms with Gasteiger partial charge in [-0.05, 0) is 71.5 Å². The van der Waals surface area contributed by atoms with Gasteiger partial charge in [-0.25, -0.2) is 0 Å². The second-order valence-electron chi connectivity index (χ2n) is 9.47. The van der Waals surface area contributed by atoms with E-state index < -0.39 is 0 Å². The van der Waals surface area contributed by atoms with Gasteiger partial charge >= 0.3 is 0 Å². The Kier molecular flexibility index (Phi) is 13.2. The Morgan fingerprint density at radius 1 is 0.935 bits per heavy atom. The molecule has 1 atom stereocenters. The number of piperidine rings is 1. The SMILES string of the molecule is CCNC(=NCCCCCN1CCCCC1)NC1CCN(C(=O)C2CCCCC2)C1.I. The maximum absolute atomic E-state index is 12.8. The Bertz CT molecular complexity index is 532. The summed E-state index contributed by atoms with van der Waals surface area (Å²) in [7, 11) is 0. The van der Waals surface area contributed by atoms with Crippen LogP contribution >= 0.6 is 24.0 Å². The molecule has 3 rings (SSSR count). The number of amides is 1. The highest BCUT2D eigenvalue weighted by atomic mass is 127. The Balaban J connectivity index is 0.00000341. The number of hydrogen-bond donors (Lipinski definition) is 2. The van der Waals surface area contributed by atoms with Gasteiger partial charge in [0.2, 0.25) is 5.91 Å². The molecule has 3 aliphatic rings. The molecule has 0 radical (unpaired) electrons. The lowest BCUT2D eigenvalue weighted by Crippen LogP contribution is -2.45. The van der Waals surface area contributed by atoms with Gasteiger partial charge in [0.15, 0.2) is 5.96 Å². The van der Waals surface area contributed by atoms with Crippen LogP contribution < -0.4 is 10.6 Å². The van der Waals surface area contributed by atoms with Crippen molar-refractivity contribution in [2.45, 2.75) is 90.0 Å². The zero-order valence-corrected chi connectivity index (χ0v) is 22.1. The normalized spacial score (nSPS) is 23.5. The minimum Gasteiger partial charge on any atom is -0.357 e. The summed E-state index contributed by atoms with van der Waals surface area (Å²) in [5.41, 5.74) is 0. The van der Waals surface area contributed by atoms with E-state index in [4.69, 9.17) is 4.99 Å². The molecule has 7 heteroatoms. The van der Waals surface area contributed by atoms with Gasteiger partial charge in [-0.3, -0.25) is 9.79 Å². The van der Waals surface area contributed by atoms with E-state index in [9.17, 15) is 4.79 Å². The summed E-state index contributed by atoms with van der Waals surface area (Å²) in [6.45, 7) is 9.45. The lowest BCUT2D eigenvalue weighted by molar-refractivity contribution is -0.135. The zero-order chi connectivity index (χ0) is 21.0. The van der Waals surface area contributed by atoms with Crippen LogP contribution in [0.5, 0.6) is 0 Å². The fourth-order valence-corrected chi connectivity index (χ4v) is 5.20. The highest BCUT2D eigenvalue weighted by Crippen LogP contribution is 2.26. The summed E-state index contributed by atoms with van der Waals surface area (Å²) in [5.74, 6) is 1.60. The maximum atomic E-state index is 12.8. The number of halogens is 1. The van der Waals surface area contributed by atoms with Crippen LogP contribution in [0.1, 0.15) is 84.0 Å². The number of guanidine groups is 1. The van der Waals surface area contributed by atoms with Gasteiger partial charge in [0.25, 0.3) is 0 Å². The van der Waals surface area contributed by atoms with Gasteiger partial charge < -0.3 is 20.4 Å². The van der Waals surface area contributed by atoms with Crippen molar-refractivity contribution >= 4 is 35.8 Å². The molecule has 2 aliphatic heterocycles. The van der Waals surface area contributed by atoms with Crippen LogP contribution in [-0.4, -0.2) is 73.5 Å². The van der Waals surface area contributed by atoms with Crippen LogP contribution in [0, 0.1) is 5.92 Å². The molecule has 2 saturated heterocycles. The van der Waals surface area contributed by atoms with Crippen molar-refractivity contribution in [1.82, 2.24) is 20.4 Å². The molecule has 0 bridgehead atoms. The molecule has 3 fully saturated rings. The van der Waals surface area contributed by atoms with E-state index in [-0.39, 0.29) is 29.9 Å². The number of hydrogen-bond acceptors (Lipinski definition) is 3. The lowest BCUT2D eigenvalue weighted by Gasteiger charge is -2.26. The van der Waals surface area contributed by atoms with E-state index in [1.807, 2.05) is 0 Å². The van der Waals surface area contributed by atoms with Crippen molar-refractivity contribution in [1.29, 1.82) is 0 Å². The Morgan fingerprint density at radius 3 is 2.42 bits per heavy atom. The van der Waals surface area contributed by atoms with Gasteiger partial charge in [0.1, 0.15) is 0 Å². The van der Waals surface area contributed by atoms with E-state index in [1.54, 1.807) is 0 Å². The number of rotatable bonds is 9. The molecule has 1 amide bonds. The standard InChI is InChI=1S/C24H45N5O.HI/c1-2-25-24(26-15-8-4-9-16-28-17-10-5-11-18-28)27-22-14-19-29(20-22)23(30)21-12-6-3-7-13-21;/h21-22H,2-20H2,1H3,(H2,25,26,27);1H. The van der Waals surface area contributed by atoms with Gasteiger partial charge in [0, 0.05) is 38.1 Å². The Hall–Kier alpha value is -0.570. The van der Waals surface area contributed by atoms with E-state index in [0.29, 0.717) is 11.9 Å². The number of carbonyl (C=O) groups excluding carboxylic acids is 1. The van der Waals surface area contributed by atoms with Crippen LogP contribution in [0.25, 0.3) is 0 Å². The summed E-state index contributed by atoms with van der Waals surface area (Å²) in [6, 6.07) is 0.328. The predicted molar refractivity (Wildman–Crippen MR) is 140 cm³/mol. The van der Waals surface area contributed by atoms with Gasteiger partial charge in [-0.2, -0.15) is 0 Å². The van der Waals surface area contributed by atoms with Crippen molar-refractivity contribution in [3.63, 3.8) is 0 Å². The van der Waals surface area contributed by atoms with Crippen LogP contribution in [0.2, 0.25) is 0 Å². The van der Waals surface area contributed by atoms with Crippen molar-refractivity contribution in [3.8, 4) is 0 Å². The molecule has 1 saturated carbocycles. The predicted octanol–water partition coefficient (Wildman–Crippen LogP) is 4.00. The number of unbranched alkanes of at least 4 members (excludes halogenated alkanes) is 2. The molecular weight excluding hydrogens is 501 g/mol. The topological polar surface area (TPSA) is 60.0 Å². The highest BCUT2D eigenvalue weighted by molar-refractivity contribution is 14.0. The molecule has 6 nitrogen and oxygen atoms in total. The smallest absolute Gasteiger partial charge is 0.225 e. The lowest BCUT2D eigenvalue weighted by atomic mass is 9.88. The summed E-state index contributed by atoms with van der Waals surface area (Å²) in [4.78, 5) is 22.3. The quantitative estimate of drug-likeness (QED) is 0.198. The molecule has 1 unspecified atom stereocenters. The Labute approximate surface area is 207 Å². The molecule has 0 aromatic rings. The maximum Gasteiger partial charge on any atom is 0.225 e. The number of carbonyl (C=O) groups is 1. The first-order valence-electron chi connectivity index (χ1n) is 12.8. The second kappa shape index (κ2) is 15.3. The first kappa shape index (κ1) is 26.7. The second-order valence-corrected chi connectivity index (χ2v) is 9.47. The van der Waals surface area contributed by atoms with Crippen LogP contribution in [0.4, 0.5) is 0 Å². The minimum atomic E-state index is 0. The fourth-order valence-electron chi connectivity index (χ4n) is 5.20. The first-order valence-corrected chi connectivity index (χ1v) is 12.8. The largest absolute Gasteiger partial charge is 0.357 e. The zero-order valence-electron chi connectivity index (χ0n) is 19.7. The van der Waals surface area contributed by atoms with Gasteiger partial charge in [0.05, 0.1) is 0 Å². The van der Waals surface area contributed by atoms with E-state index in [2.05, 4.69) is 27.4 Å². The average molecular weight is 548 g/mol. The summed E-state index contributed by atoms with van der Waals surface area (Å²) < 4.78 is 0. The summed E-state index contributed by atoms with van der Waals surface area (Å²) >= 11 is 0. The molecule has 31 heavy (non-hydrogen) atoms. The molecule has 2 N–H and O–H groups in total. The average Bonchev–Trinajstić information content (AvgIpc) is 3.25. The summed E-state index contributed by atoms with van der Waals surface area (Å²) in [6.07, 6.45) is 14.8. The molecule has 0 aromatic carbocycles. The molecule has 0 aromatic heterocycles. The third-order valence-corrected chi connectivity index (χ3v) is 6.99.